The number of nitrogens with zero attached hydrogens (tertiary/aromatic N) is 4. The van der Waals surface area contributed by atoms with Gasteiger partial charge < -0.3 is 25.2 Å². The number of aliphatic carboxylic acids is 1. The fraction of sp³-hybridized carbons (Fsp3) is 0.367. The van der Waals surface area contributed by atoms with E-state index in [2.05, 4.69) is 15.8 Å². The van der Waals surface area contributed by atoms with Crippen LogP contribution in [0.1, 0.15) is 41.8 Å². The lowest BCUT2D eigenvalue weighted by atomic mass is 9.86. The molecule has 45 heavy (non-hydrogen) atoms. The van der Waals surface area contributed by atoms with E-state index in [4.69, 9.17) is 36.0 Å². The molecule has 0 bridgehead atoms. The van der Waals surface area contributed by atoms with Gasteiger partial charge in [0.2, 0.25) is 5.95 Å². The van der Waals surface area contributed by atoms with Crippen molar-refractivity contribution in [3.8, 4) is 11.3 Å². The van der Waals surface area contributed by atoms with Crippen molar-refractivity contribution in [2.45, 2.75) is 44.8 Å². The Morgan fingerprint density at radius 2 is 1.73 bits per heavy atom. The van der Waals surface area contributed by atoms with Gasteiger partial charge in [-0.1, -0.05) is 35.0 Å². The van der Waals surface area contributed by atoms with E-state index >= 15 is 0 Å². The number of carbonyl (C=O) groups is 2. The highest BCUT2D eigenvalue weighted by Gasteiger charge is 2.38. The number of nitrogens with one attached hydrogen (secondary N) is 2. The molecule has 0 unspecified atom stereocenters. The summed E-state index contributed by atoms with van der Waals surface area (Å²) in [7, 11) is 3.96. The molecule has 0 saturated heterocycles. The van der Waals surface area contributed by atoms with Gasteiger partial charge in [0.05, 0.1) is 16.1 Å². The number of fused-ring (bicyclic) bond motifs is 1. The molecule has 0 atom stereocenters. The molecule has 1 amide bonds. The highest BCUT2D eigenvalue weighted by atomic mass is 35.5. The average molecular weight is 651 g/mol. The molecule has 4 aromatic rings. The lowest BCUT2D eigenvalue weighted by Gasteiger charge is -2.29. The molecule has 5 rings (SSSR count). The normalized spacial score (nSPS) is 16.4. The molecule has 2 aromatic heterocycles. The summed E-state index contributed by atoms with van der Waals surface area (Å²) in [5.41, 5.74) is 1.29. The van der Waals surface area contributed by atoms with Gasteiger partial charge in [0.1, 0.15) is 28.7 Å². The number of carboxylic acids is 1. The zero-order valence-corrected chi connectivity index (χ0v) is 25.3. The number of amides is 1. The van der Waals surface area contributed by atoms with Gasteiger partial charge in [-0.3, -0.25) is 4.79 Å². The number of halogens is 5. The Kier molecular flexibility index (Phi) is 10.5. The summed E-state index contributed by atoms with van der Waals surface area (Å²) in [6.45, 7) is 2.14. The third-order valence-electron chi connectivity index (χ3n) is 7.27. The molecule has 1 aliphatic carbocycles. The van der Waals surface area contributed by atoms with E-state index in [1.807, 2.05) is 43.3 Å². The number of para-hydroxylation sites is 1. The molecule has 1 fully saturated rings. The standard InChI is InChI=1S/C28H30ClFN6O2.C2HF3O2/c1-16-23(25(35-38-16)24-20(29)8-6-9-21(24)30)27(37)31-15-17-11-13-18(14-12-17)32-28-33-22-10-5-4-7-19(22)26(34-28)36(2)3;3-2(4,5)1(6)7/h4-10,17-18H,11-15H2,1-3H3,(H,31,37)(H,32,33,34);(H,6,7). The number of rotatable bonds is 7. The van der Waals surface area contributed by atoms with Gasteiger partial charge in [0, 0.05) is 32.1 Å². The first-order valence-electron chi connectivity index (χ1n) is 14.0. The SMILES string of the molecule is Cc1onc(-c2c(F)cccc2Cl)c1C(=O)NCC1CCC(Nc2nc(N(C)C)c3ccccc3n2)CC1.O=C(O)C(F)(F)F. The van der Waals surface area contributed by atoms with E-state index in [-0.39, 0.29) is 33.8 Å². The predicted molar refractivity (Wildman–Crippen MR) is 161 cm³/mol. The number of hydrogen-bond donors (Lipinski definition) is 3. The van der Waals surface area contributed by atoms with Crippen molar-refractivity contribution >= 4 is 46.1 Å². The first-order chi connectivity index (χ1) is 21.3. The van der Waals surface area contributed by atoms with Crippen molar-refractivity contribution < 1.29 is 36.8 Å². The molecule has 0 aliphatic heterocycles. The summed E-state index contributed by atoms with van der Waals surface area (Å²) >= 11 is 6.20. The van der Waals surface area contributed by atoms with Gasteiger partial charge in [-0.05, 0) is 62.8 Å². The Balaban J connectivity index is 0.000000591. The van der Waals surface area contributed by atoms with Crippen molar-refractivity contribution in [3.05, 3.63) is 64.6 Å². The van der Waals surface area contributed by atoms with Crippen LogP contribution < -0.4 is 15.5 Å². The number of aryl methyl sites for hydroxylation is 1. The molecule has 15 heteroatoms. The van der Waals surface area contributed by atoms with Crippen LogP contribution in [0, 0.1) is 18.7 Å². The van der Waals surface area contributed by atoms with Gasteiger partial charge in [0.15, 0.2) is 0 Å². The van der Waals surface area contributed by atoms with Crippen molar-refractivity contribution in [2.24, 2.45) is 5.92 Å². The molecule has 0 spiro atoms. The quantitative estimate of drug-likeness (QED) is 0.192. The molecular weight excluding hydrogens is 620 g/mol. The van der Waals surface area contributed by atoms with Crippen LogP contribution in [-0.2, 0) is 4.79 Å². The first kappa shape index (κ1) is 33.4. The first-order valence-corrected chi connectivity index (χ1v) is 14.3. The van der Waals surface area contributed by atoms with Gasteiger partial charge in [-0.15, -0.1) is 0 Å². The molecule has 2 heterocycles. The van der Waals surface area contributed by atoms with Crippen molar-refractivity contribution in [1.82, 2.24) is 20.4 Å². The van der Waals surface area contributed by atoms with E-state index < -0.39 is 18.0 Å². The monoisotopic (exact) mass is 650 g/mol. The highest BCUT2D eigenvalue weighted by molar-refractivity contribution is 6.33. The van der Waals surface area contributed by atoms with E-state index in [0.29, 0.717) is 24.2 Å². The second kappa shape index (κ2) is 14.1. The van der Waals surface area contributed by atoms with Gasteiger partial charge in [-0.2, -0.15) is 18.2 Å². The third kappa shape index (κ3) is 8.18. The molecule has 1 saturated carbocycles. The Morgan fingerprint density at radius 3 is 2.36 bits per heavy atom. The Bertz CT molecular complexity index is 1650. The molecule has 240 valence electrons. The number of alkyl halides is 3. The third-order valence-corrected chi connectivity index (χ3v) is 7.58. The van der Waals surface area contributed by atoms with Crippen LogP contribution in [0.2, 0.25) is 5.02 Å². The van der Waals surface area contributed by atoms with Crippen LogP contribution in [0.5, 0.6) is 0 Å². The van der Waals surface area contributed by atoms with Crippen LogP contribution in [-0.4, -0.2) is 65.0 Å². The maximum Gasteiger partial charge on any atom is 0.490 e. The molecule has 0 radical (unpaired) electrons. The van der Waals surface area contributed by atoms with Crippen LogP contribution >= 0.6 is 11.6 Å². The molecule has 1 aliphatic rings. The number of hydrogen-bond acceptors (Lipinski definition) is 8. The van der Waals surface area contributed by atoms with Gasteiger partial charge in [0.25, 0.3) is 5.91 Å². The lowest BCUT2D eigenvalue weighted by molar-refractivity contribution is -0.192. The second-order valence-corrected chi connectivity index (χ2v) is 11.1. The lowest BCUT2D eigenvalue weighted by Crippen LogP contribution is -2.34. The van der Waals surface area contributed by atoms with Crippen molar-refractivity contribution in [3.63, 3.8) is 0 Å². The number of benzene rings is 2. The Morgan fingerprint density at radius 1 is 1.07 bits per heavy atom. The minimum absolute atomic E-state index is 0.0658. The summed E-state index contributed by atoms with van der Waals surface area (Å²) in [4.78, 5) is 33.4. The van der Waals surface area contributed by atoms with Crippen LogP contribution in [0.3, 0.4) is 0 Å². The largest absolute Gasteiger partial charge is 0.490 e. The van der Waals surface area contributed by atoms with Crippen molar-refractivity contribution in [1.29, 1.82) is 0 Å². The highest BCUT2D eigenvalue weighted by Crippen LogP contribution is 2.34. The maximum absolute atomic E-state index is 14.5. The molecule has 10 nitrogen and oxygen atoms in total. The fourth-order valence-electron chi connectivity index (χ4n) is 5.02. The van der Waals surface area contributed by atoms with Crippen LogP contribution in [0.15, 0.2) is 47.0 Å². The fourth-order valence-corrected chi connectivity index (χ4v) is 5.27. The minimum Gasteiger partial charge on any atom is -0.475 e. The molecule has 2 aromatic carbocycles. The van der Waals surface area contributed by atoms with Crippen LogP contribution in [0.4, 0.5) is 29.3 Å². The number of carbonyl (C=O) groups excluding carboxylic acids is 1. The smallest absolute Gasteiger partial charge is 0.475 e. The number of anilines is 2. The summed E-state index contributed by atoms with van der Waals surface area (Å²) < 4.78 is 51.5. The topological polar surface area (TPSA) is 133 Å². The zero-order valence-electron chi connectivity index (χ0n) is 24.6. The maximum atomic E-state index is 14.5. The van der Waals surface area contributed by atoms with Crippen LogP contribution in [0.25, 0.3) is 22.2 Å². The van der Waals surface area contributed by atoms with Gasteiger partial charge >= 0.3 is 12.1 Å². The van der Waals surface area contributed by atoms with E-state index in [9.17, 15) is 22.4 Å². The van der Waals surface area contributed by atoms with E-state index in [1.54, 1.807) is 13.0 Å². The summed E-state index contributed by atoms with van der Waals surface area (Å²) in [5, 5.41) is 18.8. The zero-order chi connectivity index (χ0) is 32.9. The number of aromatic nitrogens is 3. The second-order valence-electron chi connectivity index (χ2n) is 10.7. The summed E-state index contributed by atoms with van der Waals surface area (Å²) in [6.07, 6.45) is -1.31. The summed E-state index contributed by atoms with van der Waals surface area (Å²) in [6, 6.07) is 12.6. The molecule has 3 N–H and O–H groups in total. The summed E-state index contributed by atoms with van der Waals surface area (Å²) in [5.74, 6) is -1.50. The predicted octanol–water partition coefficient (Wildman–Crippen LogP) is 6.49. The van der Waals surface area contributed by atoms with Gasteiger partial charge in [-0.25, -0.2) is 14.2 Å². The number of carboxylic acid groups (broad SMARTS) is 1. The molecular formula is C30H31ClF4N6O4. The van der Waals surface area contributed by atoms with E-state index in [1.165, 1.54) is 12.1 Å². The Labute approximate surface area is 260 Å². The Hall–Kier alpha value is -4.46. The minimum atomic E-state index is -5.08. The average Bonchev–Trinajstić information content (AvgIpc) is 3.36. The van der Waals surface area contributed by atoms with Crippen molar-refractivity contribution in [2.75, 3.05) is 30.9 Å². The van der Waals surface area contributed by atoms with E-state index in [0.717, 1.165) is 42.4 Å².